The van der Waals surface area contributed by atoms with E-state index in [4.69, 9.17) is 9.84 Å². The summed E-state index contributed by atoms with van der Waals surface area (Å²) in [5, 5.41) is 11.6. The van der Waals surface area contributed by atoms with Crippen molar-refractivity contribution in [2.45, 2.75) is 25.4 Å². The van der Waals surface area contributed by atoms with Crippen molar-refractivity contribution in [3.63, 3.8) is 0 Å². The monoisotopic (exact) mass is 278 g/mol. The molecule has 1 amide bonds. The highest BCUT2D eigenvalue weighted by atomic mass is 16.5. The number of nitrogens with one attached hydrogen (secondary N) is 1. The van der Waals surface area contributed by atoms with E-state index in [1.807, 2.05) is 0 Å². The summed E-state index contributed by atoms with van der Waals surface area (Å²) in [6.07, 6.45) is 3.34. The van der Waals surface area contributed by atoms with E-state index < -0.39 is 5.97 Å². The van der Waals surface area contributed by atoms with Gasteiger partial charge in [0.1, 0.15) is 11.4 Å². The molecular formula is C14H18N2O4. The number of amides is 1. The molecule has 1 fully saturated rings. The van der Waals surface area contributed by atoms with Crippen molar-refractivity contribution in [2.24, 2.45) is 5.92 Å². The zero-order valence-electron chi connectivity index (χ0n) is 11.3. The van der Waals surface area contributed by atoms with Crippen molar-refractivity contribution < 1.29 is 19.4 Å². The Kier molecular flexibility index (Phi) is 4.68. The van der Waals surface area contributed by atoms with Gasteiger partial charge in [-0.15, -0.1) is 0 Å². The summed E-state index contributed by atoms with van der Waals surface area (Å²) in [5.41, 5.74) is -0.00912. The van der Waals surface area contributed by atoms with Crippen LogP contribution in [0.1, 0.15) is 40.2 Å². The van der Waals surface area contributed by atoms with E-state index in [0.717, 1.165) is 19.3 Å². The van der Waals surface area contributed by atoms with Crippen LogP contribution in [0.25, 0.3) is 0 Å². The standard InChI is InChI=1S/C14H18N2O4/c1-20-12-7-2-4-9(12)8-15-13(17)10-5-3-6-11(16-10)14(18)19/h3,5-6,9,12H,2,4,7-8H2,1H3,(H,15,17)(H,18,19). The van der Waals surface area contributed by atoms with E-state index in [-0.39, 0.29) is 23.4 Å². The lowest BCUT2D eigenvalue weighted by Gasteiger charge is -2.18. The second-order valence-corrected chi connectivity index (χ2v) is 4.89. The van der Waals surface area contributed by atoms with Crippen LogP contribution in [0.4, 0.5) is 0 Å². The number of hydrogen-bond donors (Lipinski definition) is 2. The van der Waals surface area contributed by atoms with Crippen molar-refractivity contribution in [3.8, 4) is 0 Å². The van der Waals surface area contributed by atoms with Gasteiger partial charge >= 0.3 is 5.97 Å². The number of ether oxygens (including phenoxy) is 1. The summed E-state index contributed by atoms with van der Waals surface area (Å²) in [6, 6.07) is 4.38. The molecule has 1 aromatic rings. The Bertz CT molecular complexity index is 504. The SMILES string of the molecule is COC1CCCC1CNC(=O)c1cccc(C(=O)O)n1. The van der Waals surface area contributed by atoms with Crippen molar-refractivity contribution in [3.05, 3.63) is 29.6 Å². The first-order valence-electron chi connectivity index (χ1n) is 6.63. The number of rotatable bonds is 5. The molecule has 6 nitrogen and oxygen atoms in total. The van der Waals surface area contributed by atoms with Crippen LogP contribution in [0.3, 0.4) is 0 Å². The number of carboxylic acid groups (broad SMARTS) is 1. The van der Waals surface area contributed by atoms with Crippen LogP contribution in [0.2, 0.25) is 0 Å². The van der Waals surface area contributed by atoms with Gasteiger partial charge in [0.05, 0.1) is 6.10 Å². The van der Waals surface area contributed by atoms with Crippen molar-refractivity contribution >= 4 is 11.9 Å². The van der Waals surface area contributed by atoms with Crippen LogP contribution in [0.15, 0.2) is 18.2 Å². The number of carboxylic acids is 1. The molecule has 2 N–H and O–H groups in total. The average molecular weight is 278 g/mol. The quantitative estimate of drug-likeness (QED) is 0.848. The van der Waals surface area contributed by atoms with Crippen LogP contribution in [-0.2, 0) is 4.74 Å². The van der Waals surface area contributed by atoms with Gasteiger partial charge in [-0.25, -0.2) is 9.78 Å². The molecule has 0 bridgehead atoms. The van der Waals surface area contributed by atoms with Gasteiger partial charge < -0.3 is 15.2 Å². The molecule has 0 saturated heterocycles. The Morgan fingerprint density at radius 3 is 2.85 bits per heavy atom. The first-order valence-corrected chi connectivity index (χ1v) is 6.63. The summed E-state index contributed by atoms with van der Waals surface area (Å²) in [4.78, 5) is 26.6. The van der Waals surface area contributed by atoms with E-state index in [1.165, 1.54) is 18.2 Å². The average Bonchev–Trinajstić information content (AvgIpc) is 2.92. The van der Waals surface area contributed by atoms with Crippen LogP contribution in [0, 0.1) is 5.92 Å². The second-order valence-electron chi connectivity index (χ2n) is 4.89. The third-order valence-electron chi connectivity index (χ3n) is 3.62. The number of pyridine rings is 1. The maximum Gasteiger partial charge on any atom is 0.354 e. The first kappa shape index (κ1) is 14.5. The third-order valence-corrected chi connectivity index (χ3v) is 3.62. The summed E-state index contributed by atoms with van der Waals surface area (Å²) in [6.45, 7) is 0.524. The van der Waals surface area contributed by atoms with E-state index in [9.17, 15) is 9.59 Å². The van der Waals surface area contributed by atoms with Crippen LogP contribution in [-0.4, -0.2) is 41.7 Å². The van der Waals surface area contributed by atoms with Crippen LogP contribution >= 0.6 is 0 Å². The maximum atomic E-state index is 12.0. The van der Waals surface area contributed by atoms with E-state index in [2.05, 4.69) is 10.3 Å². The molecule has 2 atom stereocenters. The molecule has 6 heteroatoms. The number of methoxy groups -OCH3 is 1. The predicted molar refractivity (Wildman–Crippen MR) is 71.7 cm³/mol. The summed E-state index contributed by atoms with van der Waals surface area (Å²) in [7, 11) is 1.68. The largest absolute Gasteiger partial charge is 0.477 e. The van der Waals surface area contributed by atoms with Gasteiger partial charge in [-0.3, -0.25) is 4.79 Å². The van der Waals surface area contributed by atoms with Crippen molar-refractivity contribution in [1.82, 2.24) is 10.3 Å². The van der Waals surface area contributed by atoms with Gasteiger partial charge in [-0.05, 0) is 25.0 Å². The van der Waals surface area contributed by atoms with Gasteiger partial charge in [0.2, 0.25) is 0 Å². The molecule has 2 rings (SSSR count). The topological polar surface area (TPSA) is 88.5 Å². The molecule has 108 valence electrons. The van der Waals surface area contributed by atoms with E-state index >= 15 is 0 Å². The zero-order chi connectivity index (χ0) is 14.5. The molecule has 0 aliphatic heterocycles. The van der Waals surface area contributed by atoms with Crippen molar-refractivity contribution in [2.75, 3.05) is 13.7 Å². The fourth-order valence-corrected chi connectivity index (χ4v) is 2.54. The van der Waals surface area contributed by atoms with E-state index in [1.54, 1.807) is 7.11 Å². The van der Waals surface area contributed by atoms with Gasteiger partial charge in [0, 0.05) is 19.6 Å². The van der Waals surface area contributed by atoms with Gasteiger partial charge in [-0.1, -0.05) is 12.5 Å². The predicted octanol–water partition coefficient (Wildman–Crippen LogP) is 1.32. The number of carbonyl (C=O) groups excluding carboxylic acids is 1. The minimum atomic E-state index is -1.14. The Morgan fingerprint density at radius 1 is 1.40 bits per heavy atom. The highest BCUT2D eigenvalue weighted by Crippen LogP contribution is 2.27. The molecule has 20 heavy (non-hydrogen) atoms. The van der Waals surface area contributed by atoms with Gasteiger partial charge in [0.25, 0.3) is 5.91 Å². The number of hydrogen-bond acceptors (Lipinski definition) is 4. The molecule has 0 radical (unpaired) electrons. The molecule has 0 spiro atoms. The summed E-state index contributed by atoms with van der Waals surface area (Å²) < 4.78 is 5.37. The molecular weight excluding hydrogens is 260 g/mol. The molecule has 2 unspecified atom stereocenters. The zero-order valence-corrected chi connectivity index (χ0v) is 11.3. The molecule has 1 aromatic heterocycles. The second kappa shape index (κ2) is 6.47. The Labute approximate surface area is 117 Å². The Hall–Kier alpha value is -1.95. The lowest BCUT2D eigenvalue weighted by molar-refractivity contribution is 0.0682. The highest BCUT2D eigenvalue weighted by molar-refractivity contribution is 5.94. The lowest BCUT2D eigenvalue weighted by Crippen LogP contribution is -2.33. The number of carbonyl (C=O) groups is 2. The maximum absolute atomic E-state index is 12.0. The Morgan fingerprint density at radius 2 is 2.15 bits per heavy atom. The smallest absolute Gasteiger partial charge is 0.354 e. The number of aromatic nitrogens is 1. The number of nitrogens with zero attached hydrogens (tertiary/aromatic N) is 1. The van der Waals surface area contributed by atoms with Gasteiger partial charge in [0.15, 0.2) is 0 Å². The molecule has 1 heterocycles. The minimum Gasteiger partial charge on any atom is -0.477 e. The first-order chi connectivity index (χ1) is 9.61. The fourth-order valence-electron chi connectivity index (χ4n) is 2.54. The minimum absolute atomic E-state index is 0.122. The molecule has 1 saturated carbocycles. The lowest BCUT2D eigenvalue weighted by atomic mass is 10.1. The summed E-state index contributed by atoms with van der Waals surface area (Å²) in [5.74, 6) is -1.18. The highest BCUT2D eigenvalue weighted by Gasteiger charge is 2.27. The number of aromatic carboxylic acids is 1. The van der Waals surface area contributed by atoms with Crippen LogP contribution in [0.5, 0.6) is 0 Å². The summed E-state index contributed by atoms with van der Waals surface area (Å²) >= 11 is 0. The molecule has 1 aliphatic carbocycles. The van der Waals surface area contributed by atoms with Crippen LogP contribution < -0.4 is 5.32 Å². The molecule has 1 aliphatic rings. The normalized spacial score (nSPS) is 21.6. The fraction of sp³-hybridized carbons (Fsp3) is 0.500. The Balaban J connectivity index is 1.95. The van der Waals surface area contributed by atoms with Crippen molar-refractivity contribution in [1.29, 1.82) is 0 Å². The van der Waals surface area contributed by atoms with Gasteiger partial charge in [-0.2, -0.15) is 0 Å². The third kappa shape index (κ3) is 3.33. The van der Waals surface area contributed by atoms with E-state index in [0.29, 0.717) is 12.5 Å². The molecule has 0 aromatic carbocycles.